The Morgan fingerprint density at radius 2 is 1.90 bits per heavy atom. The molecule has 2 rings (SSSR count). The molecule has 0 radical (unpaired) electrons. The summed E-state index contributed by atoms with van der Waals surface area (Å²) in [6.07, 6.45) is 3.67. The molecule has 0 amide bonds. The van der Waals surface area contributed by atoms with Gasteiger partial charge in [0.25, 0.3) is 0 Å². The van der Waals surface area contributed by atoms with Crippen LogP contribution in [0.1, 0.15) is 25.0 Å². The molecule has 0 atom stereocenters. The average Bonchev–Trinajstić information content (AvgIpc) is 2.47. The van der Waals surface area contributed by atoms with E-state index in [-0.39, 0.29) is 0 Å². The van der Waals surface area contributed by atoms with Crippen molar-refractivity contribution in [3.8, 4) is 5.75 Å². The van der Waals surface area contributed by atoms with Crippen LogP contribution in [-0.2, 0) is 13.1 Å². The topological polar surface area (TPSA) is 34.1 Å². The quantitative estimate of drug-likeness (QED) is 0.837. The predicted octanol–water partition coefficient (Wildman–Crippen LogP) is 3.41. The van der Waals surface area contributed by atoms with Gasteiger partial charge in [-0.3, -0.25) is 4.98 Å². The number of aromatic nitrogens is 1. The van der Waals surface area contributed by atoms with Crippen molar-refractivity contribution in [1.82, 2.24) is 10.3 Å². The van der Waals surface area contributed by atoms with Gasteiger partial charge in [-0.25, -0.2) is 0 Å². The summed E-state index contributed by atoms with van der Waals surface area (Å²) >= 11 is 0. The minimum Gasteiger partial charge on any atom is -0.493 e. The van der Waals surface area contributed by atoms with E-state index in [1.165, 1.54) is 11.1 Å². The lowest BCUT2D eigenvalue weighted by atomic mass is 10.2. The highest BCUT2D eigenvalue weighted by atomic mass is 16.5. The standard InChI is InChI=1S/C17H22N2O/c1-14(2)13-20-17-7-3-5-15(9-17)10-19-12-16-6-4-8-18-11-16/h3-9,11,14,19H,10,12-13H2,1-2H3. The molecule has 0 saturated heterocycles. The molecule has 0 saturated carbocycles. The fraction of sp³-hybridized carbons (Fsp3) is 0.353. The maximum Gasteiger partial charge on any atom is 0.119 e. The smallest absolute Gasteiger partial charge is 0.119 e. The highest BCUT2D eigenvalue weighted by molar-refractivity contribution is 5.28. The van der Waals surface area contributed by atoms with Crippen molar-refractivity contribution >= 4 is 0 Å². The van der Waals surface area contributed by atoms with Gasteiger partial charge in [0.2, 0.25) is 0 Å². The molecule has 1 heterocycles. The zero-order valence-corrected chi connectivity index (χ0v) is 12.2. The Bertz CT molecular complexity index is 511. The highest BCUT2D eigenvalue weighted by Crippen LogP contribution is 2.14. The second kappa shape index (κ2) is 7.65. The molecule has 2 aromatic rings. The van der Waals surface area contributed by atoms with E-state index in [1.807, 2.05) is 24.4 Å². The van der Waals surface area contributed by atoms with Gasteiger partial charge < -0.3 is 10.1 Å². The Kier molecular flexibility index (Phi) is 5.56. The van der Waals surface area contributed by atoms with Crippen LogP contribution in [-0.4, -0.2) is 11.6 Å². The predicted molar refractivity (Wildman–Crippen MR) is 81.6 cm³/mol. The molecule has 20 heavy (non-hydrogen) atoms. The maximum atomic E-state index is 5.73. The maximum absolute atomic E-state index is 5.73. The third-order valence-corrected chi connectivity index (χ3v) is 2.86. The van der Waals surface area contributed by atoms with Crippen molar-refractivity contribution in [3.63, 3.8) is 0 Å². The number of rotatable bonds is 7. The lowest BCUT2D eigenvalue weighted by molar-refractivity contribution is 0.271. The first kappa shape index (κ1) is 14.5. The zero-order valence-electron chi connectivity index (χ0n) is 12.2. The number of ether oxygens (including phenoxy) is 1. The third-order valence-electron chi connectivity index (χ3n) is 2.86. The monoisotopic (exact) mass is 270 g/mol. The van der Waals surface area contributed by atoms with Crippen molar-refractivity contribution in [1.29, 1.82) is 0 Å². The van der Waals surface area contributed by atoms with Crippen LogP contribution in [0.25, 0.3) is 0 Å². The molecule has 0 aliphatic heterocycles. The minimum absolute atomic E-state index is 0.544. The van der Waals surface area contributed by atoms with Crippen LogP contribution in [0.5, 0.6) is 5.75 Å². The SMILES string of the molecule is CC(C)COc1cccc(CNCc2cccnc2)c1. The summed E-state index contributed by atoms with van der Waals surface area (Å²) in [5.41, 5.74) is 2.43. The number of benzene rings is 1. The Morgan fingerprint density at radius 1 is 1.10 bits per heavy atom. The number of hydrogen-bond donors (Lipinski definition) is 1. The molecule has 0 unspecified atom stereocenters. The van der Waals surface area contributed by atoms with E-state index in [4.69, 9.17) is 4.74 Å². The van der Waals surface area contributed by atoms with Crippen molar-refractivity contribution in [2.24, 2.45) is 5.92 Å². The second-order valence-corrected chi connectivity index (χ2v) is 5.32. The zero-order chi connectivity index (χ0) is 14.2. The summed E-state index contributed by atoms with van der Waals surface area (Å²) in [6.45, 7) is 6.71. The second-order valence-electron chi connectivity index (χ2n) is 5.32. The fourth-order valence-corrected chi connectivity index (χ4v) is 1.86. The van der Waals surface area contributed by atoms with Crippen LogP contribution >= 0.6 is 0 Å². The van der Waals surface area contributed by atoms with E-state index in [9.17, 15) is 0 Å². The molecule has 1 aromatic carbocycles. The Labute approximate surface area is 121 Å². The molecule has 0 aliphatic rings. The van der Waals surface area contributed by atoms with E-state index < -0.39 is 0 Å². The first-order chi connectivity index (χ1) is 9.74. The number of nitrogens with one attached hydrogen (secondary N) is 1. The van der Waals surface area contributed by atoms with Crippen LogP contribution < -0.4 is 10.1 Å². The summed E-state index contributed by atoms with van der Waals surface area (Å²) in [5, 5.41) is 3.41. The molecular weight excluding hydrogens is 248 g/mol. The first-order valence-corrected chi connectivity index (χ1v) is 7.05. The van der Waals surface area contributed by atoms with Gasteiger partial charge in [-0.15, -0.1) is 0 Å². The minimum atomic E-state index is 0.544. The van der Waals surface area contributed by atoms with E-state index in [1.54, 1.807) is 6.20 Å². The number of hydrogen-bond acceptors (Lipinski definition) is 3. The Balaban J connectivity index is 1.82. The third kappa shape index (κ3) is 5.02. The molecule has 0 fully saturated rings. The molecular formula is C17H22N2O. The van der Waals surface area contributed by atoms with E-state index in [2.05, 4.69) is 42.3 Å². The van der Waals surface area contributed by atoms with Gasteiger partial charge >= 0.3 is 0 Å². The summed E-state index contributed by atoms with van der Waals surface area (Å²) < 4.78 is 5.73. The molecule has 106 valence electrons. The summed E-state index contributed by atoms with van der Waals surface area (Å²) in [7, 11) is 0. The van der Waals surface area contributed by atoms with E-state index in [0.29, 0.717) is 5.92 Å². The summed E-state index contributed by atoms with van der Waals surface area (Å²) in [5.74, 6) is 1.49. The molecule has 3 heteroatoms. The number of pyridine rings is 1. The molecule has 1 N–H and O–H groups in total. The van der Waals surface area contributed by atoms with Gasteiger partial charge in [0.15, 0.2) is 0 Å². The van der Waals surface area contributed by atoms with Crippen LogP contribution in [0.15, 0.2) is 48.8 Å². The largest absolute Gasteiger partial charge is 0.493 e. The molecule has 1 aromatic heterocycles. The van der Waals surface area contributed by atoms with Crippen molar-refractivity contribution in [2.45, 2.75) is 26.9 Å². The van der Waals surface area contributed by atoms with E-state index >= 15 is 0 Å². The van der Waals surface area contributed by atoms with Crippen molar-refractivity contribution in [3.05, 3.63) is 59.9 Å². The molecule has 0 aliphatic carbocycles. The van der Waals surface area contributed by atoms with Crippen LogP contribution in [0, 0.1) is 5.92 Å². The molecule has 3 nitrogen and oxygen atoms in total. The van der Waals surface area contributed by atoms with Crippen LogP contribution in [0.2, 0.25) is 0 Å². The highest BCUT2D eigenvalue weighted by Gasteiger charge is 1.99. The van der Waals surface area contributed by atoms with Gasteiger partial charge in [0, 0.05) is 25.5 Å². The lowest BCUT2D eigenvalue weighted by Crippen LogP contribution is -2.13. The van der Waals surface area contributed by atoms with Gasteiger partial charge in [0.1, 0.15) is 5.75 Å². The lowest BCUT2D eigenvalue weighted by Gasteiger charge is -2.10. The van der Waals surface area contributed by atoms with Gasteiger partial charge in [-0.1, -0.05) is 32.0 Å². The summed E-state index contributed by atoms with van der Waals surface area (Å²) in [6, 6.07) is 12.3. The normalized spacial score (nSPS) is 10.8. The van der Waals surface area contributed by atoms with Crippen LogP contribution in [0.3, 0.4) is 0 Å². The Morgan fingerprint density at radius 3 is 2.65 bits per heavy atom. The first-order valence-electron chi connectivity index (χ1n) is 7.05. The average molecular weight is 270 g/mol. The van der Waals surface area contributed by atoms with Gasteiger partial charge in [0.05, 0.1) is 6.61 Å². The number of nitrogens with zero attached hydrogens (tertiary/aromatic N) is 1. The molecule has 0 spiro atoms. The fourth-order valence-electron chi connectivity index (χ4n) is 1.86. The Hall–Kier alpha value is -1.87. The van der Waals surface area contributed by atoms with E-state index in [0.717, 1.165) is 25.4 Å². The summed E-state index contributed by atoms with van der Waals surface area (Å²) in [4.78, 5) is 4.11. The van der Waals surface area contributed by atoms with Crippen LogP contribution in [0.4, 0.5) is 0 Å². The van der Waals surface area contributed by atoms with Gasteiger partial charge in [-0.05, 0) is 35.2 Å². The van der Waals surface area contributed by atoms with Crippen molar-refractivity contribution < 1.29 is 4.74 Å². The van der Waals surface area contributed by atoms with Gasteiger partial charge in [-0.2, -0.15) is 0 Å². The van der Waals surface area contributed by atoms with Crippen molar-refractivity contribution in [2.75, 3.05) is 6.61 Å². The molecule has 0 bridgehead atoms.